The van der Waals surface area contributed by atoms with Crippen molar-refractivity contribution in [1.29, 1.82) is 0 Å². The van der Waals surface area contributed by atoms with E-state index < -0.39 is 0 Å². The van der Waals surface area contributed by atoms with Gasteiger partial charge in [-0.05, 0) is 30.3 Å². The molecule has 0 bridgehead atoms. The molecule has 1 aliphatic rings. The zero-order valence-electron chi connectivity index (χ0n) is 9.32. The number of nitrogens with one attached hydrogen (secondary N) is 1. The molecule has 0 spiro atoms. The Morgan fingerprint density at radius 1 is 1.33 bits per heavy atom. The average Bonchev–Trinajstić information content (AvgIpc) is 2.75. The molecule has 0 radical (unpaired) electrons. The Hall–Kier alpha value is -0.970. The molecule has 15 heavy (non-hydrogen) atoms. The average molecular weight is 209 g/mol. The van der Waals surface area contributed by atoms with Crippen LogP contribution in [0.25, 0.3) is 0 Å². The first-order chi connectivity index (χ1) is 7.42. The summed E-state index contributed by atoms with van der Waals surface area (Å²) in [4.78, 5) is 0. The summed E-state index contributed by atoms with van der Waals surface area (Å²) >= 11 is 0. The molecule has 1 aromatic heterocycles. The molecule has 1 fully saturated rings. The van der Waals surface area contributed by atoms with Crippen LogP contribution >= 0.6 is 0 Å². The fourth-order valence-electron chi connectivity index (χ4n) is 2.22. The van der Waals surface area contributed by atoms with E-state index in [4.69, 9.17) is 0 Å². The Bertz CT molecular complexity index is 290. The Labute approximate surface area is 90.2 Å². The Kier molecular flexibility index (Phi) is 3.66. The van der Waals surface area contributed by atoms with Gasteiger partial charge in [0, 0.05) is 13.0 Å². The molecular formula is C10H19N5. The highest BCUT2D eigenvalue weighted by molar-refractivity contribution is 4.86. The molecule has 0 saturated heterocycles. The van der Waals surface area contributed by atoms with Gasteiger partial charge >= 0.3 is 0 Å². The lowest BCUT2D eigenvalue weighted by Crippen LogP contribution is -2.20. The number of nitrogens with zero attached hydrogens (tertiary/aromatic N) is 4. The molecule has 5 heteroatoms. The summed E-state index contributed by atoms with van der Waals surface area (Å²) < 4.78 is 2.04. The van der Waals surface area contributed by atoms with Crippen LogP contribution in [-0.4, -0.2) is 33.8 Å². The van der Waals surface area contributed by atoms with Crippen molar-refractivity contribution in [3.05, 3.63) is 5.82 Å². The zero-order chi connectivity index (χ0) is 10.5. The number of rotatable bonds is 4. The first kappa shape index (κ1) is 10.5. The SMILES string of the molecule is CNCCc1nnnn1C1CCCCC1. The van der Waals surface area contributed by atoms with Gasteiger partial charge in [-0.25, -0.2) is 4.68 Å². The number of tetrazole rings is 1. The maximum atomic E-state index is 4.12. The molecule has 0 atom stereocenters. The van der Waals surface area contributed by atoms with Crippen LogP contribution in [0.15, 0.2) is 0 Å². The monoisotopic (exact) mass is 209 g/mol. The molecule has 0 amide bonds. The lowest BCUT2D eigenvalue weighted by Gasteiger charge is -2.22. The summed E-state index contributed by atoms with van der Waals surface area (Å²) in [7, 11) is 1.95. The van der Waals surface area contributed by atoms with Gasteiger partial charge in [0.25, 0.3) is 0 Å². The minimum atomic E-state index is 0.542. The number of likely N-dealkylation sites (N-methyl/N-ethyl adjacent to an activating group) is 1. The molecule has 5 nitrogen and oxygen atoms in total. The topological polar surface area (TPSA) is 55.6 Å². The Balaban J connectivity index is 2.02. The largest absolute Gasteiger partial charge is 0.319 e. The lowest BCUT2D eigenvalue weighted by atomic mass is 9.95. The van der Waals surface area contributed by atoms with Crippen LogP contribution in [0.3, 0.4) is 0 Å². The smallest absolute Gasteiger partial charge is 0.152 e. The van der Waals surface area contributed by atoms with Gasteiger partial charge in [0.15, 0.2) is 5.82 Å². The second-order valence-corrected chi connectivity index (χ2v) is 4.19. The molecule has 0 unspecified atom stereocenters. The summed E-state index contributed by atoms with van der Waals surface area (Å²) in [6.07, 6.45) is 7.38. The molecule has 0 aliphatic heterocycles. The molecule has 1 aromatic rings. The first-order valence-electron chi connectivity index (χ1n) is 5.83. The van der Waals surface area contributed by atoms with Crippen molar-refractivity contribution in [2.45, 2.75) is 44.6 Å². The van der Waals surface area contributed by atoms with Gasteiger partial charge in [0.05, 0.1) is 6.04 Å². The normalized spacial score (nSPS) is 18.2. The predicted molar refractivity (Wildman–Crippen MR) is 57.6 cm³/mol. The summed E-state index contributed by atoms with van der Waals surface area (Å²) in [5.41, 5.74) is 0. The van der Waals surface area contributed by atoms with Crippen molar-refractivity contribution in [2.75, 3.05) is 13.6 Å². The quantitative estimate of drug-likeness (QED) is 0.802. The first-order valence-corrected chi connectivity index (χ1v) is 5.83. The predicted octanol–water partition coefficient (Wildman–Crippen LogP) is 0.940. The van der Waals surface area contributed by atoms with Gasteiger partial charge in [-0.2, -0.15) is 0 Å². The van der Waals surface area contributed by atoms with E-state index in [1.807, 2.05) is 11.7 Å². The number of hydrogen-bond donors (Lipinski definition) is 1. The number of hydrogen-bond acceptors (Lipinski definition) is 4. The van der Waals surface area contributed by atoms with Crippen molar-refractivity contribution < 1.29 is 0 Å². The van der Waals surface area contributed by atoms with Crippen molar-refractivity contribution in [3.63, 3.8) is 0 Å². The van der Waals surface area contributed by atoms with Gasteiger partial charge in [0.1, 0.15) is 0 Å². The minimum Gasteiger partial charge on any atom is -0.319 e. The summed E-state index contributed by atoms with van der Waals surface area (Å²) in [6.45, 7) is 0.938. The van der Waals surface area contributed by atoms with E-state index >= 15 is 0 Å². The van der Waals surface area contributed by atoms with Crippen LogP contribution in [0.4, 0.5) is 0 Å². The number of aromatic nitrogens is 4. The van der Waals surface area contributed by atoms with Crippen molar-refractivity contribution in [3.8, 4) is 0 Å². The van der Waals surface area contributed by atoms with Gasteiger partial charge in [0.2, 0.25) is 0 Å². The fourth-order valence-corrected chi connectivity index (χ4v) is 2.22. The second-order valence-electron chi connectivity index (χ2n) is 4.19. The summed E-state index contributed by atoms with van der Waals surface area (Å²) in [6, 6.07) is 0.542. The minimum absolute atomic E-state index is 0.542. The van der Waals surface area contributed by atoms with E-state index in [9.17, 15) is 0 Å². The zero-order valence-corrected chi connectivity index (χ0v) is 9.32. The van der Waals surface area contributed by atoms with Crippen molar-refractivity contribution in [2.24, 2.45) is 0 Å². The highest BCUT2D eigenvalue weighted by Gasteiger charge is 2.19. The van der Waals surface area contributed by atoms with Crippen LogP contribution in [0.2, 0.25) is 0 Å². The molecule has 0 aromatic carbocycles. The van der Waals surface area contributed by atoms with E-state index in [0.29, 0.717) is 6.04 Å². The Morgan fingerprint density at radius 3 is 2.87 bits per heavy atom. The highest BCUT2D eigenvalue weighted by atomic mass is 15.5. The van der Waals surface area contributed by atoms with Crippen LogP contribution < -0.4 is 5.32 Å². The van der Waals surface area contributed by atoms with Gasteiger partial charge < -0.3 is 5.32 Å². The molecule has 1 N–H and O–H groups in total. The van der Waals surface area contributed by atoms with Gasteiger partial charge in [-0.15, -0.1) is 5.10 Å². The maximum Gasteiger partial charge on any atom is 0.152 e. The summed E-state index contributed by atoms with van der Waals surface area (Å²) in [5, 5.41) is 15.1. The van der Waals surface area contributed by atoms with Gasteiger partial charge in [-0.3, -0.25) is 0 Å². The molecule has 1 heterocycles. The molecule has 1 aliphatic carbocycles. The van der Waals surface area contributed by atoms with Gasteiger partial charge in [-0.1, -0.05) is 19.3 Å². The molecule has 84 valence electrons. The summed E-state index contributed by atoms with van der Waals surface area (Å²) in [5.74, 6) is 1.02. The van der Waals surface area contributed by atoms with E-state index in [1.54, 1.807) is 0 Å². The van der Waals surface area contributed by atoms with Crippen molar-refractivity contribution >= 4 is 0 Å². The van der Waals surface area contributed by atoms with Crippen LogP contribution in [0.1, 0.15) is 44.0 Å². The molecular weight excluding hydrogens is 190 g/mol. The van der Waals surface area contributed by atoms with Crippen LogP contribution in [-0.2, 0) is 6.42 Å². The van der Waals surface area contributed by atoms with Crippen LogP contribution in [0.5, 0.6) is 0 Å². The maximum absolute atomic E-state index is 4.12. The van der Waals surface area contributed by atoms with E-state index in [1.165, 1.54) is 32.1 Å². The van der Waals surface area contributed by atoms with E-state index in [2.05, 4.69) is 20.8 Å². The second kappa shape index (κ2) is 5.21. The van der Waals surface area contributed by atoms with E-state index in [-0.39, 0.29) is 0 Å². The third-order valence-corrected chi connectivity index (χ3v) is 3.08. The van der Waals surface area contributed by atoms with Crippen LogP contribution in [0, 0.1) is 0 Å². The highest BCUT2D eigenvalue weighted by Crippen LogP contribution is 2.27. The molecule has 2 rings (SSSR count). The Morgan fingerprint density at radius 2 is 2.13 bits per heavy atom. The molecule has 1 saturated carbocycles. The third kappa shape index (κ3) is 2.53. The fraction of sp³-hybridized carbons (Fsp3) is 0.900. The lowest BCUT2D eigenvalue weighted by molar-refractivity contribution is 0.316. The standard InChI is InChI=1S/C10H19N5/c1-11-8-7-10-12-13-14-15(10)9-5-3-2-4-6-9/h9,11H,2-8H2,1H3. The van der Waals surface area contributed by atoms with E-state index in [0.717, 1.165) is 18.8 Å². The van der Waals surface area contributed by atoms with Crippen molar-refractivity contribution in [1.82, 2.24) is 25.5 Å². The third-order valence-electron chi connectivity index (χ3n) is 3.08.